The van der Waals surface area contributed by atoms with Gasteiger partial charge in [-0.05, 0) is 66.1 Å². The first-order valence-corrected chi connectivity index (χ1v) is 10.4. The molecule has 0 saturated carbocycles. The summed E-state index contributed by atoms with van der Waals surface area (Å²) in [5, 5.41) is 18.0. The van der Waals surface area contributed by atoms with Crippen molar-refractivity contribution in [1.29, 1.82) is 0 Å². The highest BCUT2D eigenvalue weighted by Crippen LogP contribution is 2.36. The fraction of sp³-hybridized carbons (Fsp3) is 0.375. The van der Waals surface area contributed by atoms with Gasteiger partial charge in [-0.2, -0.15) is 0 Å². The van der Waals surface area contributed by atoms with Crippen molar-refractivity contribution >= 4 is 12.0 Å². The molecule has 1 amide bonds. The number of ether oxygens (including phenoxy) is 1. The number of hydroxylamine groups is 1. The van der Waals surface area contributed by atoms with Gasteiger partial charge in [0.15, 0.2) is 0 Å². The Morgan fingerprint density at radius 1 is 1.23 bits per heavy atom. The summed E-state index contributed by atoms with van der Waals surface area (Å²) in [5.41, 5.74) is 6.44. The van der Waals surface area contributed by atoms with Gasteiger partial charge in [-0.1, -0.05) is 30.3 Å². The maximum atomic E-state index is 11.2. The van der Waals surface area contributed by atoms with E-state index in [1.165, 1.54) is 22.8 Å². The lowest BCUT2D eigenvalue weighted by atomic mass is 10.0. The van der Waals surface area contributed by atoms with E-state index in [1.807, 2.05) is 18.2 Å². The number of benzene rings is 2. The van der Waals surface area contributed by atoms with Crippen LogP contribution in [-0.2, 0) is 17.6 Å². The number of carbonyl (C=O) groups is 1. The number of carbonyl (C=O) groups excluding carboxylic acids is 1. The van der Waals surface area contributed by atoms with Crippen LogP contribution >= 0.6 is 0 Å². The third-order valence-corrected chi connectivity index (χ3v) is 5.64. The van der Waals surface area contributed by atoms with Crippen LogP contribution in [0, 0.1) is 0 Å². The molecule has 1 unspecified atom stereocenters. The van der Waals surface area contributed by atoms with Crippen LogP contribution in [0.5, 0.6) is 5.75 Å². The van der Waals surface area contributed by atoms with E-state index in [2.05, 4.69) is 29.2 Å². The second-order valence-corrected chi connectivity index (χ2v) is 7.53. The summed E-state index contributed by atoms with van der Waals surface area (Å²) in [7, 11) is 1.67. The predicted molar refractivity (Wildman–Crippen MR) is 116 cm³/mol. The molecule has 2 aromatic rings. The lowest BCUT2D eigenvalue weighted by Gasteiger charge is -2.29. The molecule has 30 heavy (non-hydrogen) atoms. The number of aliphatic hydroxyl groups excluding tert-OH is 1. The number of fused-ring (bicyclic) bond motifs is 1. The van der Waals surface area contributed by atoms with Gasteiger partial charge in [0.1, 0.15) is 5.75 Å². The van der Waals surface area contributed by atoms with Crippen molar-refractivity contribution in [3.63, 3.8) is 0 Å². The van der Waals surface area contributed by atoms with Gasteiger partial charge in [0.2, 0.25) is 0 Å². The van der Waals surface area contributed by atoms with Crippen LogP contribution in [0.15, 0.2) is 48.5 Å². The molecule has 0 fully saturated rings. The predicted octanol–water partition coefficient (Wildman–Crippen LogP) is 3.13. The zero-order valence-electron chi connectivity index (χ0n) is 17.4. The third-order valence-electron chi connectivity index (χ3n) is 5.64. The number of hydrogen-bond donors (Lipinski definition) is 3. The van der Waals surface area contributed by atoms with Gasteiger partial charge in [0, 0.05) is 31.8 Å². The van der Waals surface area contributed by atoms with E-state index in [1.54, 1.807) is 18.7 Å². The summed E-state index contributed by atoms with van der Waals surface area (Å²) in [5.74, 6) is 0.323. The zero-order valence-corrected chi connectivity index (χ0v) is 17.4. The molecule has 6 nitrogen and oxygen atoms in total. The average molecular weight is 411 g/mol. The smallest absolute Gasteiger partial charge is 0.267 e. The first-order valence-electron chi connectivity index (χ1n) is 10.4. The van der Waals surface area contributed by atoms with Crippen LogP contribution in [0.2, 0.25) is 0 Å². The number of hydrogen-bond acceptors (Lipinski definition) is 5. The fourth-order valence-electron chi connectivity index (χ4n) is 4.07. The molecular formula is C24H30N2O4. The van der Waals surface area contributed by atoms with Crippen molar-refractivity contribution in [2.24, 2.45) is 0 Å². The standard InChI is InChI=1S/C24H30N2O4/c1-30-21-8-3-18(4-9-21)13-15-26(14-2-16-27)23-11-7-20-17-19(5-10-22(20)23)6-12-24(28)25-29/h3-6,8-10,12,17,23,27,29H,2,7,11,13-16H2,1H3,(H,25,28)/b12-6+. The molecule has 3 N–H and O–H groups in total. The Labute approximate surface area is 177 Å². The largest absolute Gasteiger partial charge is 0.497 e. The van der Waals surface area contributed by atoms with Crippen LogP contribution in [0.4, 0.5) is 0 Å². The van der Waals surface area contributed by atoms with E-state index in [0.29, 0.717) is 6.04 Å². The van der Waals surface area contributed by atoms with E-state index in [0.717, 1.165) is 50.1 Å². The van der Waals surface area contributed by atoms with Crippen LogP contribution in [0.3, 0.4) is 0 Å². The second-order valence-electron chi connectivity index (χ2n) is 7.53. The van der Waals surface area contributed by atoms with Crippen LogP contribution in [0.1, 0.15) is 41.1 Å². The Bertz CT molecular complexity index is 864. The Morgan fingerprint density at radius 2 is 2.03 bits per heavy atom. The van der Waals surface area contributed by atoms with E-state index in [-0.39, 0.29) is 6.61 Å². The molecule has 0 radical (unpaired) electrons. The van der Waals surface area contributed by atoms with Gasteiger partial charge in [-0.15, -0.1) is 0 Å². The van der Waals surface area contributed by atoms with Crippen molar-refractivity contribution in [3.8, 4) is 5.75 Å². The fourth-order valence-corrected chi connectivity index (χ4v) is 4.07. The van der Waals surface area contributed by atoms with Crippen molar-refractivity contribution in [1.82, 2.24) is 10.4 Å². The molecule has 0 spiro atoms. The molecule has 1 aliphatic rings. The molecule has 0 aromatic heterocycles. The molecule has 1 atom stereocenters. The summed E-state index contributed by atoms with van der Waals surface area (Å²) < 4.78 is 5.24. The van der Waals surface area contributed by atoms with Crippen LogP contribution in [0.25, 0.3) is 6.08 Å². The number of nitrogens with zero attached hydrogens (tertiary/aromatic N) is 1. The van der Waals surface area contributed by atoms with Gasteiger partial charge < -0.3 is 9.84 Å². The number of aryl methyl sites for hydroxylation is 1. The number of methoxy groups -OCH3 is 1. The maximum absolute atomic E-state index is 11.2. The highest BCUT2D eigenvalue weighted by molar-refractivity contribution is 5.90. The monoisotopic (exact) mass is 410 g/mol. The first-order chi connectivity index (χ1) is 14.6. The second kappa shape index (κ2) is 10.9. The first kappa shape index (κ1) is 22.0. The molecule has 0 bridgehead atoms. The van der Waals surface area contributed by atoms with Crippen molar-refractivity contribution in [3.05, 3.63) is 70.8 Å². The molecule has 1 aliphatic carbocycles. The van der Waals surface area contributed by atoms with E-state index >= 15 is 0 Å². The van der Waals surface area contributed by atoms with Gasteiger partial charge in [-0.25, -0.2) is 5.48 Å². The molecule has 2 aromatic carbocycles. The number of nitrogens with one attached hydrogen (secondary N) is 1. The summed E-state index contributed by atoms with van der Waals surface area (Å²) >= 11 is 0. The van der Waals surface area contributed by atoms with E-state index in [4.69, 9.17) is 9.94 Å². The summed E-state index contributed by atoms with van der Waals surface area (Å²) in [6.45, 7) is 1.97. The minimum atomic E-state index is -0.540. The summed E-state index contributed by atoms with van der Waals surface area (Å²) in [4.78, 5) is 13.7. The molecule has 3 rings (SSSR count). The molecule has 0 aliphatic heterocycles. The zero-order chi connectivity index (χ0) is 21.3. The van der Waals surface area contributed by atoms with Crippen LogP contribution in [-0.4, -0.2) is 47.9 Å². The molecular weight excluding hydrogens is 380 g/mol. The minimum absolute atomic E-state index is 0.190. The number of rotatable bonds is 10. The quantitative estimate of drug-likeness (QED) is 0.319. The number of aliphatic hydroxyl groups is 1. The summed E-state index contributed by atoms with van der Waals surface area (Å²) in [6, 6.07) is 14.8. The Kier molecular flexibility index (Phi) is 8.02. The van der Waals surface area contributed by atoms with E-state index in [9.17, 15) is 9.90 Å². The summed E-state index contributed by atoms with van der Waals surface area (Å²) in [6.07, 6.45) is 6.76. The highest BCUT2D eigenvalue weighted by atomic mass is 16.5. The van der Waals surface area contributed by atoms with E-state index < -0.39 is 5.91 Å². The Balaban J connectivity index is 1.70. The minimum Gasteiger partial charge on any atom is -0.497 e. The topological polar surface area (TPSA) is 82.0 Å². The Morgan fingerprint density at radius 3 is 2.73 bits per heavy atom. The van der Waals surface area contributed by atoms with Crippen molar-refractivity contribution in [2.75, 3.05) is 26.8 Å². The lowest BCUT2D eigenvalue weighted by Crippen LogP contribution is -2.31. The SMILES string of the molecule is COc1ccc(CCN(CCCO)C2CCc3cc(/C=C/C(=O)NO)ccc32)cc1. The molecule has 0 saturated heterocycles. The molecule has 6 heteroatoms. The molecule has 160 valence electrons. The van der Waals surface area contributed by atoms with Crippen LogP contribution < -0.4 is 10.2 Å². The van der Waals surface area contributed by atoms with Gasteiger partial charge in [0.05, 0.1) is 7.11 Å². The molecule has 0 heterocycles. The maximum Gasteiger partial charge on any atom is 0.267 e. The van der Waals surface area contributed by atoms with Gasteiger partial charge in [-0.3, -0.25) is 14.9 Å². The average Bonchev–Trinajstić information content (AvgIpc) is 3.21. The highest BCUT2D eigenvalue weighted by Gasteiger charge is 2.27. The van der Waals surface area contributed by atoms with Crippen molar-refractivity contribution < 1.29 is 19.8 Å². The third kappa shape index (κ3) is 5.69. The lowest BCUT2D eigenvalue weighted by molar-refractivity contribution is -0.124. The van der Waals surface area contributed by atoms with Gasteiger partial charge in [0.25, 0.3) is 5.91 Å². The normalized spacial score (nSPS) is 15.5. The van der Waals surface area contributed by atoms with Crippen molar-refractivity contribution in [2.45, 2.75) is 31.7 Å². The Hall–Kier alpha value is -2.67. The number of amides is 1. The van der Waals surface area contributed by atoms with Gasteiger partial charge >= 0.3 is 0 Å².